The molecule has 1 aliphatic rings. The molecule has 0 bridgehead atoms. The van der Waals surface area contributed by atoms with Crippen molar-refractivity contribution in [3.05, 3.63) is 54.4 Å². The van der Waals surface area contributed by atoms with Gasteiger partial charge < -0.3 is 14.7 Å². The summed E-state index contributed by atoms with van der Waals surface area (Å²) in [6.45, 7) is 9.97. The molecule has 1 aliphatic heterocycles. The first-order valence-electron chi connectivity index (χ1n) is 9.02. The van der Waals surface area contributed by atoms with E-state index in [0.29, 0.717) is 12.1 Å². The van der Waals surface area contributed by atoms with E-state index >= 15 is 0 Å². The van der Waals surface area contributed by atoms with Crippen LogP contribution in [0.1, 0.15) is 24.2 Å². The van der Waals surface area contributed by atoms with E-state index in [4.69, 9.17) is 0 Å². The van der Waals surface area contributed by atoms with Crippen LogP contribution in [0.15, 0.2) is 48.8 Å². The molecule has 0 spiro atoms. The lowest BCUT2D eigenvalue weighted by molar-refractivity contribution is 0.0988. The Bertz CT molecular complexity index is 696. The third kappa shape index (κ3) is 3.99. The van der Waals surface area contributed by atoms with Crippen molar-refractivity contribution in [2.45, 2.75) is 13.8 Å². The predicted molar refractivity (Wildman–Crippen MR) is 102 cm³/mol. The maximum Gasteiger partial charge on any atom is 0.259 e. The predicted octanol–water partition coefficient (Wildman–Crippen LogP) is 2.89. The summed E-state index contributed by atoms with van der Waals surface area (Å²) in [6.07, 6.45) is 3.52. The molecule has 3 rings (SSSR count). The maximum atomic E-state index is 13.0. The molecule has 0 saturated carbocycles. The first-order chi connectivity index (χ1) is 12.2. The molecule has 0 aliphatic carbocycles. The van der Waals surface area contributed by atoms with E-state index in [-0.39, 0.29) is 5.91 Å². The van der Waals surface area contributed by atoms with Crippen molar-refractivity contribution < 1.29 is 4.79 Å². The van der Waals surface area contributed by atoms with Crippen molar-refractivity contribution in [3.63, 3.8) is 0 Å². The van der Waals surface area contributed by atoms with Crippen LogP contribution in [-0.2, 0) is 0 Å². The molecule has 25 heavy (non-hydrogen) atoms. The van der Waals surface area contributed by atoms with E-state index < -0.39 is 0 Å². The van der Waals surface area contributed by atoms with Crippen molar-refractivity contribution >= 4 is 17.3 Å². The van der Waals surface area contributed by atoms with Crippen molar-refractivity contribution in [2.24, 2.45) is 0 Å². The number of para-hydroxylation sites is 1. The number of pyridine rings is 1. The molecule has 0 unspecified atom stereocenters. The average molecular weight is 338 g/mol. The van der Waals surface area contributed by atoms with Crippen LogP contribution in [0.5, 0.6) is 0 Å². The molecule has 1 aromatic heterocycles. The highest BCUT2D eigenvalue weighted by Gasteiger charge is 2.20. The third-order valence-corrected chi connectivity index (χ3v) is 4.78. The van der Waals surface area contributed by atoms with Gasteiger partial charge in [-0.3, -0.25) is 9.78 Å². The minimum absolute atomic E-state index is 0.00440. The smallest absolute Gasteiger partial charge is 0.259 e. The molecule has 2 heterocycles. The van der Waals surface area contributed by atoms with Gasteiger partial charge in [0.05, 0.1) is 17.4 Å². The van der Waals surface area contributed by atoms with Gasteiger partial charge in [0.1, 0.15) is 0 Å². The summed E-state index contributed by atoms with van der Waals surface area (Å²) in [5.41, 5.74) is 2.59. The second-order valence-electron chi connectivity index (χ2n) is 6.24. The van der Waals surface area contributed by atoms with Gasteiger partial charge in [-0.2, -0.15) is 0 Å². The molecule has 2 aromatic rings. The second kappa shape index (κ2) is 8.12. The van der Waals surface area contributed by atoms with Gasteiger partial charge in [0.2, 0.25) is 0 Å². The number of aromatic nitrogens is 1. The lowest BCUT2D eigenvalue weighted by Gasteiger charge is -2.35. The summed E-state index contributed by atoms with van der Waals surface area (Å²) in [5, 5.41) is 0. The summed E-state index contributed by atoms with van der Waals surface area (Å²) < 4.78 is 0. The average Bonchev–Trinajstić information content (AvgIpc) is 2.69. The summed E-state index contributed by atoms with van der Waals surface area (Å²) >= 11 is 0. The normalized spacial score (nSPS) is 15.2. The lowest BCUT2D eigenvalue weighted by atomic mass is 10.2. The molecular formula is C20H26N4O. The first kappa shape index (κ1) is 17.4. The van der Waals surface area contributed by atoms with Crippen LogP contribution in [-0.4, -0.2) is 55.1 Å². The summed E-state index contributed by atoms with van der Waals surface area (Å²) in [4.78, 5) is 23.8. The van der Waals surface area contributed by atoms with Gasteiger partial charge in [-0.25, -0.2) is 0 Å². The molecule has 1 fully saturated rings. The Labute approximate surface area is 149 Å². The van der Waals surface area contributed by atoms with Gasteiger partial charge in [0.25, 0.3) is 5.91 Å². The van der Waals surface area contributed by atoms with E-state index in [1.54, 1.807) is 11.1 Å². The van der Waals surface area contributed by atoms with Crippen LogP contribution in [0.4, 0.5) is 11.4 Å². The number of piperazine rings is 1. The summed E-state index contributed by atoms with van der Waals surface area (Å²) in [6, 6.07) is 11.8. The number of anilines is 2. The molecule has 0 N–H and O–H groups in total. The molecule has 5 nitrogen and oxygen atoms in total. The number of rotatable bonds is 5. The maximum absolute atomic E-state index is 13.0. The largest absolute Gasteiger partial charge is 0.368 e. The Hall–Kier alpha value is -2.40. The van der Waals surface area contributed by atoms with E-state index in [1.807, 2.05) is 49.5 Å². The Kier molecular flexibility index (Phi) is 5.66. The Morgan fingerprint density at radius 3 is 2.44 bits per heavy atom. The molecular weight excluding hydrogens is 312 g/mol. The zero-order valence-electron chi connectivity index (χ0n) is 15.1. The molecule has 132 valence electrons. The monoisotopic (exact) mass is 338 g/mol. The SMILES string of the molecule is CCN1CCN(c2cncc(C(=O)N(CC)c3ccccc3)c2)CC1. The number of hydrogen-bond donors (Lipinski definition) is 0. The van der Waals surface area contributed by atoms with Crippen molar-refractivity contribution in [1.29, 1.82) is 0 Å². The van der Waals surface area contributed by atoms with Gasteiger partial charge in [-0.15, -0.1) is 0 Å². The molecule has 1 aromatic carbocycles. The Morgan fingerprint density at radius 1 is 1.08 bits per heavy atom. The molecule has 1 amide bonds. The minimum Gasteiger partial charge on any atom is -0.368 e. The third-order valence-electron chi connectivity index (χ3n) is 4.78. The highest BCUT2D eigenvalue weighted by molar-refractivity contribution is 6.06. The van der Waals surface area contributed by atoms with Gasteiger partial charge in [0, 0.05) is 44.6 Å². The zero-order chi connectivity index (χ0) is 17.6. The van der Waals surface area contributed by atoms with Gasteiger partial charge in [0.15, 0.2) is 0 Å². The van der Waals surface area contributed by atoms with Crippen molar-refractivity contribution in [2.75, 3.05) is 49.1 Å². The molecule has 0 atom stereocenters. The van der Waals surface area contributed by atoms with Gasteiger partial charge in [-0.05, 0) is 31.7 Å². The van der Waals surface area contributed by atoms with E-state index in [2.05, 4.69) is 21.7 Å². The quantitative estimate of drug-likeness (QED) is 0.840. The van der Waals surface area contributed by atoms with Crippen LogP contribution >= 0.6 is 0 Å². The standard InChI is InChI=1S/C20H26N4O/c1-3-22-10-12-23(13-11-22)19-14-17(15-21-16-19)20(25)24(4-2)18-8-6-5-7-9-18/h5-9,14-16H,3-4,10-13H2,1-2H3. The summed E-state index contributed by atoms with van der Waals surface area (Å²) in [5.74, 6) is -0.00440. The fourth-order valence-corrected chi connectivity index (χ4v) is 3.25. The zero-order valence-corrected chi connectivity index (χ0v) is 15.1. The Balaban J connectivity index is 1.77. The second-order valence-corrected chi connectivity index (χ2v) is 6.24. The van der Waals surface area contributed by atoms with Gasteiger partial charge >= 0.3 is 0 Å². The number of likely N-dealkylation sites (N-methyl/N-ethyl adjacent to an activating group) is 1. The van der Waals surface area contributed by atoms with Crippen LogP contribution in [0.2, 0.25) is 0 Å². The number of carbonyl (C=O) groups excluding carboxylic acids is 1. The molecule has 0 radical (unpaired) electrons. The number of benzene rings is 1. The molecule has 1 saturated heterocycles. The Morgan fingerprint density at radius 2 is 1.80 bits per heavy atom. The van der Waals surface area contributed by atoms with Crippen molar-refractivity contribution in [3.8, 4) is 0 Å². The van der Waals surface area contributed by atoms with Crippen LogP contribution in [0.3, 0.4) is 0 Å². The number of hydrogen-bond acceptors (Lipinski definition) is 4. The lowest BCUT2D eigenvalue weighted by Crippen LogP contribution is -2.46. The fourth-order valence-electron chi connectivity index (χ4n) is 3.25. The topological polar surface area (TPSA) is 39.7 Å². The number of nitrogens with zero attached hydrogens (tertiary/aromatic N) is 4. The first-order valence-corrected chi connectivity index (χ1v) is 9.02. The highest BCUT2D eigenvalue weighted by atomic mass is 16.2. The number of amides is 1. The highest BCUT2D eigenvalue weighted by Crippen LogP contribution is 2.20. The van der Waals surface area contributed by atoms with Crippen LogP contribution < -0.4 is 9.80 Å². The van der Waals surface area contributed by atoms with E-state index in [1.165, 1.54) is 0 Å². The van der Waals surface area contributed by atoms with Gasteiger partial charge in [-0.1, -0.05) is 25.1 Å². The fraction of sp³-hybridized carbons (Fsp3) is 0.400. The summed E-state index contributed by atoms with van der Waals surface area (Å²) in [7, 11) is 0. The molecule has 5 heteroatoms. The van der Waals surface area contributed by atoms with E-state index in [9.17, 15) is 4.79 Å². The minimum atomic E-state index is -0.00440. The van der Waals surface area contributed by atoms with Crippen molar-refractivity contribution in [1.82, 2.24) is 9.88 Å². The van der Waals surface area contributed by atoms with E-state index in [0.717, 1.165) is 44.1 Å². The number of carbonyl (C=O) groups is 1. The van der Waals surface area contributed by atoms with Crippen LogP contribution in [0.25, 0.3) is 0 Å². The van der Waals surface area contributed by atoms with Crippen LogP contribution in [0, 0.1) is 0 Å².